The van der Waals surface area contributed by atoms with Crippen LogP contribution in [0.25, 0.3) is 0 Å². The number of hydrogen-bond donors (Lipinski definition) is 1. The molecule has 5 heteroatoms. The zero-order valence-electron chi connectivity index (χ0n) is 10.2. The predicted molar refractivity (Wildman–Crippen MR) is 79.3 cm³/mol. The Hall–Kier alpha value is -1.39. The highest BCUT2D eigenvalue weighted by molar-refractivity contribution is 9.10. The van der Waals surface area contributed by atoms with Crippen LogP contribution in [0.2, 0.25) is 5.15 Å². The summed E-state index contributed by atoms with van der Waals surface area (Å²) in [6.07, 6.45) is 1.56. The molecule has 98 valence electrons. The first-order chi connectivity index (χ1) is 9.08. The van der Waals surface area contributed by atoms with Gasteiger partial charge in [-0.15, -0.1) is 0 Å². The average Bonchev–Trinajstić information content (AvgIpc) is 2.42. The van der Waals surface area contributed by atoms with E-state index < -0.39 is 0 Å². The summed E-state index contributed by atoms with van der Waals surface area (Å²) in [4.78, 5) is 16.1. The first-order valence-electron chi connectivity index (χ1n) is 5.75. The molecule has 0 aliphatic rings. The number of carbonyl (C=O) groups is 1. The maximum absolute atomic E-state index is 12.1. The third-order valence-electron chi connectivity index (χ3n) is 2.70. The Morgan fingerprint density at radius 3 is 2.74 bits per heavy atom. The third-order valence-corrected chi connectivity index (χ3v) is 3.43. The number of nitrogens with one attached hydrogen (secondary N) is 1. The molecule has 0 radical (unpaired) electrons. The molecule has 0 saturated heterocycles. The van der Waals surface area contributed by atoms with Gasteiger partial charge in [-0.2, -0.15) is 0 Å². The van der Waals surface area contributed by atoms with Crippen molar-refractivity contribution in [2.45, 2.75) is 13.0 Å². The van der Waals surface area contributed by atoms with Crippen molar-refractivity contribution in [2.75, 3.05) is 0 Å². The molecule has 3 nitrogen and oxygen atoms in total. The zero-order chi connectivity index (χ0) is 13.8. The highest BCUT2D eigenvalue weighted by atomic mass is 79.9. The molecule has 2 rings (SSSR count). The van der Waals surface area contributed by atoms with Gasteiger partial charge in [0.05, 0.1) is 11.6 Å². The maximum atomic E-state index is 12.1. The molecule has 0 unspecified atom stereocenters. The van der Waals surface area contributed by atoms with Gasteiger partial charge < -0.3 is 5.32 Å². The summed E-state index contributed by atoms with van der Waals surface area (Å²) in [7, 11) is 0. The van der Waals surface area contributed by atoms with Crippen LogP contribution >= 0.6 is 27.5 Å². The smallest absolute Gasteiger partial charge is 0.254 e. The number of nitrogens with zero attached hydrogens (tertiary/aromatic N) is 1. The van der Waals surface area contributed by atoms with Gasteiger partial charge in [-0.05, 0) is 34.5 Å². The molecular formula is C14H12BrClN2O. The Labute approximate surface area is 125 Å². The summed E-state index contributed by atoms with van der Waals surface area (Å²) >= 11 is 9.20. The van der Waals surface area contributed by atoms with E-state index in [4.69, 9.17) is 11.6 Å². The van der Waals surface area contributed by atoms with Gasteiger partial charge in [0.1, 0.15) is 5.15 Å². The normalized spacial score (nSPS) is 11.9. The van der Waals surface area contributed by atoms with Crippen molar-refractivity contribution < 1.29 is 4.79 Å². The second kappa shape index (κ2) is 6.17. The summed E-state index contributed by atoms with van der Waals surface area (Å²) < 4.78 is 0.717. The molecule has 1 N–H and O–H groups in total. The molecule has 1 aromatic heterocycles. The number of hydrogen-bond acceptors (Lipinski definition) is 2. The lowest BCUT2D eigenvalue weighted by atomic mass is 10.1. The van der Waals surface area contributed by atoms with Crippen molar-refractivity contribution in [1.82, 2.24) is 10.3 Å². The van der Waals surface area contributed by atoms with Gasteiger partial charge in [0.15, 0.2) is 0 Å². The van der Waals surface area contributed by atoms with Crippen LogP contribution in [0.1, 0.15) is 28.9 Å². The lowest BCUT2D eigenvalue weighted by Crippen LogP contribution is -2.27. The number of amides is 1. The van der Waals surface area contributed by atoms with Crippen molar-refractivity contribution in [2.24, 2.45) is 0 Å². The van der Waals surface area contributed by atoms with Gasteiger partial charge in [-0.25, -0.2) is 4.98 Å². The first-order valence-corrected chi connectivity index (χ1v) is 6.92. The molecule has 0 saturated carbocycles. The summed E-state index contributed by atoms with van der Waals surface area (Å²) in [6.45, 7) is 1.92. The molecular weight excluding hydrogens is 328 g/mol. The Morgan fingerprint density at radius 2 is 2.05 bits per heavy atom. The molecule has 1 atom stereocenters. The number of rotatable bonds is 3. The topological polar surface area (TPSA) is 42.0 Å². The minimum atomic E-state index is -0.241. The number of pyridine rings is 1. The van der Waals surface area contributed by atoms with Gasteiger partial charge in [0, 0.05) is 10.7 Å². The summed E-state index contributed by atoms with van der Waals surface area (Å²) in [5.41, 5.74) is 1.40. The van der Waals surface area contributed by atoms with Crippen LogP contribution in [-0.4, -0.2) is 10.9 Å². The summed E-state index contributed by atoms with van der Waals surface area (Å²) in [5.74, 6) is -0.241. The third kappa shape index (κ3) is 3.55. The van der Waals surface area contributed by atoms with E-state index in [0.29, 0.717) is 5.56 Å². The van der Waals surface area contributed by atoms with Crippen molar-refractivity contribution in [1.29, 1.82) is 0 Å². The van der Waals surface area contributed by atoms with Crippen LogP contribution < -0.4 is 5.32 Å². The monoisotopic (exact) mass is 338 g/mol. The fourth-order valence-electron chi connectivity index (χ4n) is 1.68. The quantitative estimate of drug-likeness (QED) is 0.859. The molecule has 0 spiro atoms. The van der Waals surface area contributed by atoms with E-state index in [1.165, 1.54) is 0 Å². The van der Waals surface area contributed by atoms with Crippen molar-refractivity contribution in [3.8, 4) is 0 Å². The van der Waals surface area contributed by atoms with E-state index in [1.54, 1.807) is 12.3 Å². The average molecular weight is 340 g/mol. The van der Waals surface area contributed by atoms with Crippen LogP contribution in [0.5, 0.6) is 0 Å². The lowest BCUT2D eigenvalue weighted by Gasteiger charge is -2.14. The highest BCUT2D eigenvalue weighted by Gasteiger charge is 2.15. The molecule has 1 aromatic carbocycles. The van der Waals surface area contributed by atoms with Gasteiger partial charge >= 0.3 is 0 Å². The van der Waals surface area contributed by atoms with Crippen molar-refractivity contribution in [3.05, 3.63) is 63.3 Å². The molecule has 0 fully saturated rings. The number of halogens is 2. The lowest BCUT2D eigenvalue weighted by molar-refractivity contribution is 0.0939. The van der Waals surface area contributed by atoms with Crippen molar-refractivity contribution in [3.63, 3.8) is 0 Å². The minimum absolute atomic E-state index is 0.0938. The Kier molecular flexibility index (Phi) is 4.56. The molecule has 1 heterocycles. The molecule has 2 aromatic rings. The van der Waals surface area contributed by atoms with E-state index in [0.717, 1.165) is 10.0 Å². The summed E-state index contributed by atoms with van der Waals surface area (Å²) in [5, 5.41) is 3.09. The zero-order valence-corrected chi connectivity index (χ0v) is 12.6. The second-order valence-corrected chi connectivity index (χ2v) is 5.37. The molecule has 0 aliphatic carbocycles. The van der Waals surface area contributed by atoms with Gasteiger partial charge in [-0.3, -0.25) is 4.79 Å². The first kappa shape index (κ1) is 14.0. The van der Waals surface area contributed by atoms with Crippen LogP contribution in [0, 0.1) is 0 Å². The van der Waals surface area contributed by atoms with Gasteiger partial charge in [0.25, 0.3) is 5.91 Å². The minimum Gasteiger partial charge on any atom is -0.345 e. The number of aromatic nitrogens is 1. The van der Waals surface area contributed by atoms with Gasteiger partial charge in [-0.1, -0.05) is 41.9 Å². The van der Waals surface area contributed by atoms with E-state index in [9.17, 15) is 4.79 Å². The summed E-state index contributed by atoms with van der Waals surface area (Å²) in [6, 6.07) is 11.3. The molecule has 1 amide bonds. The fraction of sp³-hybridized carbons (Fsp3) is 0.143. The van der Waals surface area contributed by atoms with E-state index in [1.807, 2.05) is 37.3 Å². The largest absolute Gasteiger partial charge is 0.345 e. The number of carbonyl (C=O) groups excluding carboxylic acids is 1. The van der Waals surface area contributed by atoms with E-state index >= 15 is 0 Å². The van der Waals surface area contributed by atoms with Gasteiger partial charge in [0.2, 0.25) is 0 Å². The standard InChI is InChI=1S/C14H12BrClN2O/c1-9(10-5-3-2-4-6-10)18-14(19)12-7-11(15)8-17-13(12)16/h2-9H,1H3,(H,18,19)/t9-/m1/s1. The number of benzene rings is 1. The van der Waals surface area contributed by atoms with E-state index in [2.05, 4.69) is 26.2 Å². The van der Waals surface area contributed by atoms with Crippen molar-refractivity contribution >= 4 is 33.4 Å². The fourth-order valence-corrected chi connectivity index (χ4v) is 2.20. The predicted octanol–water partition coefficient (Wildman–Crippen LogP) is 3.99. The second-order valence-electron chi connectivity index (χ2n) is 4.10. The maximum Gasteiger partial charge on any atom is 0.254 e. The highest BCUT2D eigenvalue weighted by Crippen LogP contribution is 2.19. The van der Waals surface area contributed by atoms with Crippen LogP contribution in [0.4, 0.5) is 0 Å². The van der Waals surface area contributed by atoms with E-state index in [-0.39, 0.29) is 17.1 Å². The van der Waals surface area contributed by atoms with Crippen LogP contribution in [-0.2, 0) is 0 Å². The Morgan fingerprint density at radius 1 is 1.37 bits per heavy atom. The molecule has 19 heavy (non-hydrogen) atoms. The molecule has 0 bridgehead atoms. The molecule has 0 aliphatic heterocycles. The van der Waals surface area contributed by atoms with Crippen LogP contribution in [0.3, 0.4) is 0 Å². The van der Waals surface area contributed by atoms with Crippen LogP contribution in [0.15, 0.2) is 47.1 Å². The SMILES string of the molecule is C[C@@H](NC(=O)c1cc(Br)cnc1Cl)c1ccccc1. The Bertz CT molecular complexity index is 589. The Balaban J connectivity index is 2.15.